The monoisotopic (exact) mass is 417 g/mol. The summed E-state index contributed by atoms with van der Waals surface area (Å²) in [7, 11) is 0. The number of carbonyl (C=O) groups is 3. The molecule has 1 amide bonds. The molecule has 0 saturated carbocycles. The zero-order valence-electron chi connectivity index (χ0n) is 19.4. The maximum absolute atomic E-state index is 12.7. The second-order valence-corrected chi connectivity index (χ2v) is 10.1. The highest BCUT2D eigenvalue weighted by molar-refractivity contribution is 5.83. The zero-order valence-corrected chi connectivity index (χ0v) is 19.4. The highest BCUT2D eigenvalue weighted by Crippen LogP contribution is 2.22. The van der Waals surface area contributed by atoms with Gasteiger partial charge in [-0.2, -0.15) is 0 Å². The van der Waals surface area contributed by atoms with Crippen molar-refractivity contribution in [2.24, 2.45) is 5.92 Å². The Morgan fingerprint density at radius 1 is 0.793 bits per heavy atom. The van der Waals surface area contributed by atoms with Crippen molar-refractivity contribution in [2.45, 2.75) is 104 Å². The van der Waals surface area contributed by atoms with Crippen LogP contribution in [0.3, 0.4) is 0 Å². The van der Waals surface area contributed by atoms with Crippen LogP contribution in [0.25, 0.3) is 0 Å². The summed E-state index contributed by atoms with van der Waals surface area (Å²) >= 11 is 0. The summed E-state index contributed by atoms with van der Waals surface area (Å²) in [5.74, 6) is -1.86. The predicted molar refractivity (Wildman–Crippen MR) is 109 cm³/mol. The largest absolute Gasteiger partial charge is 0.460 e. The molecule has 8 heteroatoms. The van der Waals surface area contributed by atoms with Gasteiger partial charge in [0.2, 0.25) is 0 Å². The third-order valence-electron chi connectivity index (χ3n) is 3.35. The number of carbonyl (C=O) groups excluding carboxylic acids is 3. The van der Waals surface area contributed by atoms with Crippen molar-refractivity contribution < 1.29 is 33.7 Å². The van der Waals surface area contributed by atoms with Gasteiger partial charge in [-0.25, -0.2) is 9.59 Å². The Bertz CT molecular complexity index is 553. The molecular formula is C21H39NO7. The number of nitrogens with one attached hydrogen (secondary N) is 1. The number of ether oxygens (including phenoxy) is 3. The number of amides is 1. The van der Waals surface area contributed by atoms with Crippen LogP contribution < -0.4 is 5.32 Å². The molecule has 0 spiro atoms. The summed E-state index contributed by atoms with van der Waals surface area (Å²) in [4.78, 5) is 37.5. The summed E-state index contributed by atoms with van der Waals surface area (Å²) in [6.07, 6.45) is -0.139. The van der Waals surface area contributed by atoms with E-state index in [4.69, 9.17) is 19.3 Å². The lowest BCUT2D eigenvalue weighted by Crippen LogP contribution is -2.47. The van der Waals surface area contributed by atoms with Crippen molar-refractivity contribution in [1.82, 2.24) is 5.32 Å². The highest BCUT2D eigenvalue weighted by atomic mass is 16.6. The Morgan fingerprint density at radius 3 is 1.66 bits per heavy atom. The minimum Gasteiger partial charge on any atom is -0.460 e. The number of aliphatic hydroxyl groups excluding tert-OH is 1. The van der Waals surface area contributed by atoms with Gasteiger partial charge in [-0.05, 0) is 81.6 Å². The van der Waals surface area contributed by atoms with Crippen LogP contribution in [0.15, 0.2) is 0 Å². The second kappa shape index (κ2) is 10.8. The Hall–Kier alpha value is -1.83. The molecule has 29 heavy (non-hydrogen) atoms. The first-order valence-electron chi connectivity index (χ1n) is 9.99. The molecule has 0 aliphatic carbocycles. The summed E-state index contributed by atoms with van der Waals surface area (Å²) in [6, 6.07) is -1.10. The van der Waals surface area contributed by atoms with Crippen LogP contribution >= 0.6 is 0 Å². The van der Waals surface area contributed by atoms with Crippen LogP contribution in [-0.2, 0) is 23.8 Å². The van der Waals surface area contributed by atoms with Gasteiger partial charge < -0.3 is 24.6 Å². The SMILES string of the molecule is CC(C)(C)OC(=O)NC(CC(CCCO)C(=O)OC(C)(C)C)C(=O)OC(C)(C)C. The van der Waals surface area contributed by atoms with Crippen molar-refractivity contribution in [3.8, 4) is 0 Å². The minimum absolute atomic E-state index is 0.0247. The molecular weight excluding hydrogens is 378 g/mol. The van der Waals surface area contributed by atoms with Crippen molar-refractivity contribution in [1.29, 1.82) is 0 Å². The average Bonchev–Trinajstić information content (AvgIpc) is 2.44. The minimum atomic E-state index is -1.10. The van der Waals surface area contributed by atoms with Gasteiger partial charge in [0.25, 0.3) is 0 Å². The highest BCUT2D eigenvalue weighted by Gasteiger charge is 2.34. The van der Waals surface area contributed by atoms with E-state index in [-0.39, 0.29) is 13.0 Å². The first-order chi connectivity index (χ1) is 12.9. The van der Waals surface area contributed by atoms with Crippen LogP contribution in [0.4, 0.5) is 4.79 Å². The van der Waals surface area contributed by atoms with Crippen LogP contribution in [0.5, 0.6) is 0 Å². The van der Waals surface area contributed by atoms with Crippen LogP contribution in [0.1, 0.15) is 81.6 Å². The van der Waals surface area contributed by atoms with E-state index in [1.165, 1.54) is 0 Å². The molecule has 0 saturated heterocycles. The molecule has 2 unspecified atom stereocenters. The maximum atomic E-state index is 12.7. The topological polar surface area (TPSA) is 111 Å². The Morgan fingerprint density at radius 2 is 1.24 bits per heavy atom. The fourth-order valence-electron chi connectivity index (χ4n) is 2.38. The number of aliphatic hydroxyl groups is 1. The molecule has 8 nitrogen and oxygen atoms in total. The fraction of sp³-hybridized carbons (Fsp3) is 0.857. The number of hydrogen-bond donors (Lipinski definition) is 2. The van der Waals surface area contributed by atoms with E-state index in [0.717, 1.165) is 0 Å². The van der Waals surface area contributed by atoms with Gasteiger partial charge in [-0.3, -0.25) is 4.79 Å². The third-order valence-corrected chi connectivity index (χ3v) is 3.35. The molecule has 0 rings (SSSR count). The molecule has 0 radical (unpaired) electrons. The molecule has 170 valence electrons. The van der Waals surface area contributed by atoms with E-state index in [0.29, 0.717) is 12.8 Å². The summed E-state index contributed by atoms with van der Waals surface area (Å²) in [6.45, 7) is 15.4. The van der Waals surface area contributed by atoms with Crippen LogP contribution in [0.2, 0.25) is 0 Å². The van der Waals surface area contributed by atoms with E-state index >= 15 is 0 Å². The van der Waals surface area contributed by atoms with Gasteiger partial charge in [0.15, 0.2) is 0 Å². The van der Waals surface area contributed by atoms with Crippen LogP contribution in [0, 0.1) is 5.92 Å². The molecule has 0 fully saturated rings. The van der Waals surface area contributed by atoms with Crippen molar-refractivity contribution in [3.63, 3.8) is 0 Å². The quantitative estimate of drug-likeness (QED) is 0.460. The first-order valence-corrected chi connectivity index (χ1v) is 9.99. The average molecular weight is 418 g/mol. The molecule has 0 aromatic carbocycles. The van der Waals surface area contributed by atoms with E-state index in [1.807, 2.05) is 0 Å². The molecule has 0 aromatic heterocycles. The van der Waals surface area contributed by atoms with Gasteiger partial charge in [-0.15, -0.1) is 0 Å². The molecule has 0 aliphatic heterocycles. The van der Waals surface area contributed by atoms with Crippen molar-refractivity contribution in [3.05, 3.63) is 0 Å². The predicted octanol–water partition coefficient (Wildman–Crippen LogP) is 3.34. The zero-order chi connectivity index (χ0) is 23.0. The summed E-state index contributed by atoms with van der Waals surface area (Å²) in [5, 5.41) is 11.7. The van der Waals surface area contributed by atoms with E-state index in [9.17, 15) is 14.4 Å². The number of alkyl carbamates (subject to hydrolysis) is 1. The first kappa shape index (κ1) is 27.2. The maximum Gasteiger partial charge on any atom is 0.408 e. The Balaban J connectivity index is 5.53. The molecule has 0 aliphatic rings. The van der Waals surface area contributed by atoms with Gasteiger partial charge in [0.05, 0.1) is 5.92 Å². The third kappa shape index (κ3) is 13.9. The van der Waals surface area contributed by atoms with Crippen molar-refractivity contribution in [2.75, 3.05) is 6.61 Å². The second-order valence-electron chi connectivity index (χ2n) is 10.1. The number of rotatable bonds is 8. The molecule has 2 atom stereocenters. The number of hydrogen-bond acceptors (Lipinski definition) is 7. The molecule has 2 N–H and O–H groups in total. The smallest absolute Gasteiger partial charge is 0.408 e. The summed E-state index contributed by atoms with van der Waals surface area (Å²) in [5.41, 5.74) is -2.21. The standard InChI is InChI=1S/C21H39NO7/c1-19(2,3)27-16(24)14(11-10-12-23)13-15(17(25)28-20(4,5)6)22-18(26)29-21(7,8)9/h14-15,23H,10-13H2,1-9H3,(H,22,26). The lowest BCUT2D eigenvalue weighted by molar-refractivity contribution is -0.163. The van der Waals surface area contributed by atoms with Gasteiger partial charge in [-0.1, -0.05) is 0 Å². The van der Waals surface area contributed by atoms with Gasteiger partial charge >= 0.3 is 18.0 Å². The lowest BCUT2D eigenvalue weighted by atomic mass is 9.94. The fourth-order valence-corrected chi connectivity index (χ4v) is 2.38. The lowest BCUT2D eigenvalue weighted by Gasteiger charge is -2.29. The van der Waals surface area contributed by atoms with Crippen molar-refractivity contribution >= 4 is 18.0 Å². The summed E-state index contributed by atoms with van der Waals surface area (Å²) < 4.78 is 16.1. The van der Waals surface area contributed by atoms with E-state index < -0.39 is 46.8 Å². The molecule has 0 bridgehead atoms. The Labute approximate surface area is 174 Å². The van der Waals surface area contributed by atoms with Gasteiger partial charge in [0.1, 0.15) is 22.8 Å². The number of esters is 2. The van der Waals surface area contributed by atoms with E-state index in [2.05, 4.69) is 5.32 Å². The Kier molecular flexibility index (Phi) is 10.1. The van der Waals surface area contributed by atoms with Crippen LogP contribution in [-0.4, -0.2) is 52.6 Å². The normalized spacial score (nSPS) is 14.6. The molecule has 0 heterocycles. The van der Waals surface area contributed by atoms with E-state index in [1.54, 1.807) is 62.3 Å². The molecule has 0 aromatic rings. The van der Waals surface area contributed by atoms with Gasteiger partial charge in [0, 0.05) is 6.61 Å².